The van der Waals surface area contributed by atoms with Crippen LogP contribution in [0.15, 0.2) is 44.5 Å². The molecule has 0 saturated carbocycles. The average molecular weight is 573 g/mol. The van der Waals surface area contributed by atoms with Crippen molar-refractivity contribution >= 4 is 54.7 Å². The normalized spacial score (nSPS) is 12.3. The second-order valence-electron chi connectivity index (χ2n) is 7.23. The number of methoxy groups -OCH3 is 2. The molecule has 2 aromatic heterocycles. The van der Waals surface area contributed by atoms with Crippen LogP contribution in [0.5, 0.6) is 11.5 Å². The maximum atomic E-state index is 12.7. The first-order valence-corrected chi connectivity index (χ1v) is 13.4. The Balaban J connectivity index is 1.62. The van der Waals surface area contributed by atoms with Gasteiger partial charge in [-0.1, -0.05) is 6.07 Å². The first kappa shape index (κ1) is 26.2. The third-order valence-corrected chi connectivity index (χ3v) is 8.13. The molecule has 0 fully saturated rings. The number of hydrogen-bond acceptors (Lipinski definition) is 10. The number of hydrogen-bond donors (Lipinski definition) is 4. The summed E-state index contributed by atoms with van der Waals surface area (Å²) in [6.45, 7) is 1.99. The molecule has 0 aliphatic carbocycles. The highest BCUT2D eigenvalue weighted by Crippen LogP contribution is 2.29. The van der Waals surface area contributed by atoms with Gasteiger partial charge in [-0.15, -0.1) is 11.3 Å². The van der Waals surface area contributed by atoms with Gasteiger partial charge in [0.15, 0.2) is 11.5 Å². The molecule has 34 heavy (non-hydrogen) atoms. The van der Waals surface area contributed by atoms with Crippen LogP contribution in [0.2, 0.25) is 0 Å². The van der Waals surface area contributed by atoms with Crippen LogP contribution in [0.1, 0.15) is 12.5 Å². The monoisotopic (exact) mass is 571 g/mol. The third kappa shape index (κ3) is 6.79. The number of nitrogens with zero attached hydrogens (tertiary/aromatic N) is 2. The molecule has 0 saturated heterocycles. The van der Waals surface area contributed by atoms with Crippen LogP contribution in [-0.4, -0.2) is 56.9 Å². The van der Waals surface area contributed by atoms with E-state index in [9.17, 15) is 13.5 Å². The molecule has 3 aromatic rings. The Morgan fingerprint density at radius 2 is 1.97 bits per heavy atom. The van der Waals surface area contributed by atoms with Crippen molar-refractivity contribution in [3.63, 3.8) is 0 Å². The lowest BCUT2D eigenvalue weighted by Crippen LogP contribution is -2.25. The van der Waals surface area contributed by atoms with Crippen molar-refractivity contribution in [3.05, 3.63) is 45.9 Å². The number of benzene rings is 1. The molecule has 2 heterocycles. The van der Waals surface area contributed by atoms with Gasteiger partial charge in [-0.05, 0) is 53.0 Å². The molecule has 13 heteroatoms. The number of nitrogens with one attached hydrogen (secondary N) is 3. The van der Waals surface area contributed by atoms with Gasteiger partial charge in [-0.25, -0.2) is 18.1 Å². The summed E-state index contributed by atoms with van der Waals surface area (Å²) in [7, 11) is -0.564. The zero-order valence-corrected chi connectivity index (χ0v) is 22.1. The lowest BCUT2D eigenvalue weighted by molar-refractivity contribution is 0.281. The first-order chi connectivity index (χ1) is 16.2. The Kier molecular flexibility index (Phi) is 9.08. The lowest BCUT2D eigenvalue weighted by Gasteiger charge is -2.13. The molecule has 0 amide bonds. The highest BCUT2D eigenvalue weighted by atomic mass is 79.9. The third-order valence-electron chi connectivity index (χ3n) is 4.65. The second-order valence-corrected chi connectivity index (χ2v) is 11.0. The smallest absolute Gasteiger partial charge is 0.250 e. The summed E-state index contributed by atoms with van der Waals surface area (Å²) >= 11 is 4.46. The van der Waals surface area contributed by atoms with Crippen LogP contribution in [0.25, 0.3) is 0 Å². The number of rotatable bonds is 12. The summed E-state index contributed by atoms with van der Waals surface area (Å²) in [4.78, 5) is 8.56. The average Bonchev–Trinajstić information content (AvgIpc) is 3.30. The van der Waals surface area contributed by atoms with Crippen molar-refractivity contribution in [2.24, 2.45) is 0 Å². The molecule has 184 valence electrons. The number of anilines is 3. The molecule has 1 atom stereocenters. The van der Waals surface area contributed by atoms with Gasteiger partial charge in [0.05, 0.1) is 31.0 Å². The van der Waals surface area contributed by atoms with E-state index in [1.807, 2.05) is 19.1 Å². The van der Waals surface area contributed by atoms with Gasteiger partial charge in [-0.2, -0.15) is 4.98 Å². The van der Waals surface area contributed by atoms with Crippen molar-refractivity contribution in [2.75, 3.05) is 38.0 Å². The first-order valence-electron chi connectivity index (χ1n) is 10.2. The Morgan fingerprint density at radius 3 is 2.68 bits per heavy atom. The molecule has 0 aliphatic heterocycles. The molecule has 0 unspecified atom stereocenters. The standard InChI is InChI=1S/C21H26BrN5O5S2/c1-13(11-28)25-20-16(22)10-23-21(27-20)26-15-9-19(33-12-15)34(29,30)24-7-6-14-4-5-17(31-2)18(8-14)32-3/h4-5,8-10,12-13,24,28H,6-7,11H2,1-3H3,(H2,23,25,26,27)/t13-/m1/s1. The highest BCUT2D eigenvalue weighted by Gasteiger charge is 2.17. The molecule has 4 N–H and O–H groups in total. The molecule has 0 bridgehead atoms. The zero-order valence-electron chi connectivity index (χ0n) is 18.8. The van der Waals surface area contributed by atoms with Crippen LogP contribution in [-0.2, 0) is 16.4 Å². The van der Waals surface area contributed by atoms with E-state index in [4.69, 9.17) is 9.47 Å². The largest absolute Gasteiger partial charge is 0.493 e. The van der Waals surface area contributed by atoms with Gasteiger partial charge in [0, 0.05) is 24.2 Å². The fourth-order valence-electron chi connectivity index (χ4n) is 2.90. The van der Waals surface area contributed by atoms with E-state index in [1.165, 1.54) is 6.07 Å². The summed E-state index contributed by atoms with van der Waals surface area (Å²) in [6.07, 6.45) is 2.06. The van der Waals surface area contributed by atoms with E-state index >= 15 is 0 Å². The Bertz CT molecular complexity index is 1220. The van der Waals surface area contributed by atoms with E-state index < -0.39 is 10.0 Å². The number of aliphatic hydroxyl groups is 1. The van der Waals surface area contributed by atoms with Crippen LogP contribution < -0.4 is 24.8 Å². The topological polar surface area (TPSA) is 135 Å². The van der Waals surface area contributed by atoms with Crippen molar-refractivity contribution in [1.82, 2.24) is 14.7 Å². The zero-order chi connectivity index (χ0) is 24.7. The van der Waals surface area contributed by atoms with Gasteiger partial charge in [0.1, 0.15) is 10.0 Å². The number of thiophene rings is 1. The van der Waals surface area contributed by atoms with Crippen LogP contribution >= 0.6 is 27.3 Å². The van der Waals surface area contributed by atoms with E-state index in [0.29, 0.717) is 39.8 Å². The molecule has 0 spiro atoms. The Labute approximate surface area is 210 Å². The van der Waals surface area contributed by atoms with E-state index in [1.54, 1.807) is 31.9 Å². The predicted octanol–water partition coefficient (Wildman–Crippen LogP) is 3.38. The molecule has 10 nitrogen and oxygen atoms in total. The van der Waals surface area contributed by atoms with Gasteiger partial charge < -0.3 is 25.2 Å². The van der Waals surface area contributed by atoms with Gasteiger partial charge >= 0.3 is 0 Å². The van der Waals surface area contributed by atoms with Crippen LogP contribution in [0, 0.1) is 0 Å². The molecule has 0 radical (unpaired) electrons. The van der Waals surface area contributed by atoms with E-state index in [-0.39, 0.29) is 23.4 Å². The predicted molar refractivity (Wildman–Crippen MR) is 136 cm³/mol. The molecule has 3 rings (SSSR count). The van der Waals surface area contributed by atoms with Gasteiger partial charge in [0.25, 0.3) is 0 Å². The number of halogens is 1. The minimum atomic E-state index is -3.68. The summed E-state index contributed by atoms with van der Waals surface area (Å²) < 4.78 is 39.4. The van der Waals surface area contributed by atoms with Crippen molar-refractivity contribution in [1.29, 1.82) is 0 Å². The number of ether oxygens (including phenoxy) is 2. The van der Waals surface area contributed by atoms with Gasteiger partial charge in [-0.3, -0.25) is 0 Å². The van der Waals surface area contributed by atoms with Crippen LogP contribution in [0.3, 0.4) is 0 Å². The molecule has 1 aromatic carbocycles. The number of aliphatic hydroxyl groups excluding tert-OH is 1. The van der Waals surface area contributed by atoms with Gasteiger partial charge in [0.2, 0.25) is 16.0 Å². The SMILES string of the molecule is COc1ccc(CCNS(=O)(=O)c2cc(Nc3ncc(Br)c(N[C@H](C)CO)n3)cs2)cc1OC. The Hall–Kier alpha value is -2.45. The number of aromatic nitrogens is 2. The van der Waals surface area contributed by atoms with Crippen molar-refractivity contribution in [2.45, 2.75) is 23.6 Å². The minimum absolute atomic E-state index is 0.0516. The maximum Gasteiger partial charge on any atom is 0.250 e. The Morgan fingerprint density at radius 1 is 1.21 bits per heavy atom. The van der Waals surface area contributed by atoms with E-state index in [0.717, 1.165) is 16.9 Å². The maximum absolute atomic E-state index is 12.7. The quantitative estimate of drug-likeness (QED) is 0.258. The molecular formula is C21H26BrN5O5S2. The summed E-state index contributed by atoms with van der Waals surface area (Å²) in [6, 6.07) is 6.81. The summed E-state index contributed by atoms with van der Waals surface area (Å²) in [5, 5.41) is 17.0. The number of sulfonamides is 1. The summed E-state index contributed by atoms with van der Waals surface area (Å²) in [5.74, 6) is 2.01. The summed E-state index contributed by atoms with van der Waals surface area (Å²) in [5.41, 5.74) is 1.47. The minimum Gasteiger partial charge on any atom is -0.493 e. The highest BCUT2D eigenvalue weighted by molar-refractivity contribution is 9.10. The fourth-order valence-corrected chi connectivity index (χ4v) is 5.39. The molecular weight excluding hydrogens is 546 g/mol. The second kappa shape index (κ2) is 11.8. The van der Waals surface area contributed by atoms with Crippen molar-refractivity contribution in [3.8, 4) is 11.5 Å². The van der Waals surface area contributed by atoms with Crippen molar-refractivity contribution < 1.29 is 23.0 Å². The molecule has 0 aliphatic rings. The van der Waals surface area contributed by atoms with E-state index in [2.05, 4.69) is 41.3 Å². The van der Waals surface area contributed by atoms with Crippen LogP contribution in [0.4, 0.5) is 17.5 Å². The fraction of sp³-hybridized carbons (Fsp3) is 0.333. The lowest BCUT2D eigenvalue weighted by atomic mass is 10.1.